The average Bonchev–Trinajstić information content (AvgIpc) is 2.96. The first-order valence-corrected chi connectivity index (χ1v) is 14.9. The molecule has 0 bridgehead atoms. The van der Waals surface area contributed by atoms with Gasteiger partial charge >= 0.3 is 6.18 Å². The molecule has 5 rings (SSSR count). The maximum absolute atomic E-state index is 15.9. The fraction of sp³-hybridized carbons (Fsp3) is 0.548. The minimum absolute atomic E-state index is 0.123. The van der Waals surface area contributed by atoms with Gasteiger partial charge in [-0.25, -0.2) is 4.39 Å². The van der Waals surface area contributed by atoms with Gasteiger partial charge in [0.05, 0.1) is 22.5 Å². The van der Waals surface area contributed by atoms with Gasteiger partial charge in [-0.15, -0.1) is 0 Å². The number of nitrogens with one attached hydrogen (secondary N) is 2. The van der Waals surface area contributed by atoms with Crippen LogP contribution >= 0.6 is 0 Å². The Morgan fingerprint density at radius 3 is 2.30 bits per heavy atom. The van der Waals surface area contributed by atoms with Crippen LogP contribution in [0.3, 0.4) is 0 Å². The summed E-state index contributed by atoms with van der Waals surface area (Å²) >= 11 is 0. The van der Waals surface area contributed by atoms with Gasteiger partial charge in [0.15, 0.2) is 0 Å². The number of aromatic nitrogens is 1. The summed E-state index contributed by atoms with van der Waals surface area (Å²) in [4.78, 5) is 36.1. The van der Waals surface area contributed by atoms with Gasteiger partial charge in [0, 0.05) is 62.1 Å². The second kappa shape index (κ2) is 12.4. The second-order valence-electron chi connectivity index (χ2n) is 12.2. The molecule has 2 fully saturated rings. The van der Waals surface area contributed by atoms with Crippen LogP contribution in [0, 0.1) is 5.82 Å². The molecule has 0 radical (unpaired) electrons. The van der Waals surface area contributed by atoms with Crippen molar-refractivity contribution in [3.8, 4) is 0 Å². The number of rotatable bonds is 5. The molecule has 1 amide bonds. The number of piperazine rings is 1. The molecule has 1 unspecified atom stereocenters. The van der Waals surface area contributed by atoms with E-state index in [1.165, 1.54) is 6.07 Å². The molecule has 0 saturated carbocycles. The van der Waals surface area contributed by atoms with E-state index < -0.39 is 34.6 Å². The number of likely N-dealkylation sites (tertiary alicyclic amines) is 1. The van der Waals surface area contributed by atoms with E-state index in [2.05, 4.69) is 32.0 Å². The van der Waals surface area contributed by atoms with E-state index >= 15 is 4.39 Å². The van der Waals surface area contributed by atoms with Crippen molar-refractivity contribution in [2.75, 3.05) is 63.6 Å². The molecule has 0 aliphatic carbocycles. The highest BCUT2D eigenvalue weighted by Crippen LogP contribution is 2.37. The molecular formula is C31H40F4N6O2. The molecule has 43 heavy (non-hydrogen) atoms. The Labute approximate surface area is 249 Å². The number of amides is 1. The number of halogens is 4. The van der Waals surface area contributed by atoms with Crippen LogP contribution in [0.2, 0.25) is 0 Å². The van der Waals surface area contributed by atoms with Gasteiger partial charge < -0.3 is 20.1 Å². The van der Waals surface area contributed by atoms with Gasteiger partial charge in [0.25, 0.3) is 5.91 Å². The zero-order chi connectivity index (χ0) is 31.1. The number of carbonyl (C=O) groups excluding carboxylic acids is 1. The summed E-state index contributed by atoms with van der Waals surface area (Å²) in [5, 5.41) is 2.64. The largest absolute Gasteiger partial charge is 0.417 e. The van der Waals surface area contributed by atoms with E-state index in [4.69, 9.17) is 0 Å². The molecule has 2 atom stereocenters. The minimum atomic E-state index is -4.91. The Morgan fingerprint density at radius 1 is 1.02 bits per heavy atom. The number of piperidine rings is 1. The molecule has 4 heterocycles. The third-order valence-electron chi connectivity index (χ3n) is 9.30. The zero-order valence-corrected chi connectivity index (χ0v) is 25.1. The summed E-state index contributed by atoms with van der Waals surface area (Å²) in [6.45, 7) is 8.74. The van der Waals surface area contributed by atoms with Gasteiger partial charge in [-0.1, -0.05) is 6.08 Å². The number of hydrogen-bond acceptors (Lipinski definition) is 6. The van der Waals surface area contributed by atoms with Crippen molar-refractivity contribution in [2.24, 2.45) is 0 Å². The zero-order valence-electron chi connectivity index (χ0n) is 25.1. The topological polar surface area (TPSA) is 74.9 Å². The van der Waals surface area contributed by atoms with E-state index in [-0.39, 0.29) is 17.8 Å². The van der Waals surface area contributed by atoms with Crippen LogP contribution in [0.1, 0.15) is 54.6 Å². The van der Waals surface area contributed by atoms with E-state index in [9.17, 15) is 22.8 Å². The number of pyridine rings is 1. The van der Waals surface area contributed by atoms with Crippen LogP contribution in [0.15, 0.2) is 35.3 Å². The fourth-order valence-electron chi connectivity index (χ4n) is 6.48. The third kappa shape index (κ3) is 6.81. The first-order chi connectivity index (χ1) is 20.3. The van der Waals surface area contributed by atoms with Crippen molar-refractivity contribution < 1.29 is 22.4 Å². The molecule has 12 heteroatoms. The molecular weight excluding hydrogens is 564 g/mol. The molecule has 2 saturated heterocycles. The van der Waals surface area contributed by atoms with Crippen molar-refractivity contribution in [2.45, 2.75) is 57.4 Å². The van der Waals surface area contributed by atoms with E-state index in [0.717, 1.165) is 44.2 Å². The fourth-order valence-corrected chi connectivity index (χ4v) is 6.48. The minimum Gasteiger partial charge on any atom is -0.367 e. The third-order valence-corrected chi connectivity index (χ3v) is 9.30. The summed E-state index contributed by atoms with van der Waals surface area (Å²) in [7, 11) is 4.13. The highest BCUT2D eigenvalue weighted by atomic mass is 19.4. The predicted octanol–water partition coefficient (Wildman–Crippen LogP) is 4.50. The number of H-pyrrole nitrogens is 1. The molecule has 3 aliphatic rings. The van der Waals surface area contributed by atoms with Gasteiger partial charge in [0.1, 0.15) is 5.82 Å². The Kier molecular flexibility index (Phi) is 9.01. The lowest BCUT2D eigenvalue weighted by Gasteiger charge is -2.44. The molecule has 234 valence electrons. The van der Waals surface area contributed by atoms with Crippen LogP contribution in [0.5, 0.6) is 0 Å². The lowest BCUT2D eigenvalue weighted by molar-refractivity contribution is -0.138. The smallest absolute Gasteiger partial charge is 0.367 e. The molecule has 8 nitrogen and oxygen atoms in total. The van der Waals surface area contributed by atoms with Crippen molar-refractivity contribution in [1.82, 2.24) is 19.7 Å². The molecule has 2 aromatic rings. The second-order valence-corrected chi connectivity index (χ2v) is 12.2. The Bertz CT molecular complexity index is 1420. The van der Waals surface area contributed by atoms with E-state index in [1.54, 1.807) is 6.07 Å². The SMILES string of the molecule is CC1CN(c2cc(F)c(C3=CCN(C4CCN(C)CC4)CC3)cc2NC(=O)c2c[nH]c(=O)cc2C(F)(F)F)C[C@@H](C)N1C. The highest BCUT2D eigenvalue weighted by molar-refractivity contribution is 6.07. The number of alkyl halides is 3. The number of aromatic amines is 1. The number of likely N-dealkylation sites (N-methyl/N-ethyl adjacent to an activating group) is 1. The number of nitrogens with zero attached hydrogens (tertiary/aromatic N) is 4. The van der Waals surface area contributed by atoms with Crippen LogP contribution < -0.4 is 15.8 Å². The predicted molar refractivity (Wildman–Crippen MR) is 160 cm³/mol. The summed E-state index contributed by atoms with van der Waals surface area (Å²) in [5.41, 5.74) is -1.24. The van der Waals surface area contributed by atoms with Gasteiger partial charge in [-0.05, 0) is 78.0 Å². The Morgan fingerprint density at radius 2 is 1.70 bits per heavy atom. The number of benzene rings is 1. The standard InChI is InChI=1S/C31H40F4N6O2/c1-19-17-41(18-20(2)39(19)4)28-15-26(32)23(21-5-11-40(12-6-21)22-7-9-38(3)10-8-22)13-27(28)37-30(43)24-16-36-29(42)14-25(24)31(33,34)35/h5,13-16,19-20,22H,6-12,17-18H2,1-4H3,(H,36,42)(H,37,43)/t19-,20?/m1/s1. The molecule has 1 aromatic carbocycles. The van der Waals surface area contributed by atoms with Gasteiger partial charge in [0.2, 0.25) is 5.56 Å². The Balaban J connectivity index is 1.48. The first kappa shape index (κ1) is 31.2. The normalized spacial score (nSPS) is 23.3. The molecule has 2 N–H and O–H groups in total. The molecule has 3 aliphatic heterocycles. The molecule has 0 spiro atoms. The Hall–Kier alpha value is -3.22. The van der Waals surface area contributed by atoms with Crippen molar-refractivity contribution >= 4 is 22.9 Å². The van der Waals surface area contributed by atoms with Gasteiger partial charge in [-0.2, -0.15) is 13.2 Å². The van der Waals surface area contributed by atoms with E-state index in [0.29, 0.717) is 49.4 Å². The summed E-state index contributed by atoms with van der Waals surface area (Å²) in [6.07, 6.45) is 0.682. The van der Waals surface area contributed by atoms with Crippen molar-refractivity contribution in [3.05, 3.63) is 63.3 Å². The van der Waals surface area contributed by atoms with Crippen LogP contribution in [0.25, 0.3) is 5.57 Å². The lowest BCUT2D eigenvalue weighted by Crippen LogP contribution is -2.55. The highest BCUT2D eigenvalue weighted by Gasteiger charge is 2.36. The van der Waals surface area contributed by atoms with Crippen LogP contribution in [0.4, 0.5) is 28.9 Å². The number of carbonyl (C=O) groups is 1. The monoisotopic (exact) mass is 604 g/mol. The van der Waals surface area contributed by atoms with E-state index in [1.807, 2.05) is 31.9 Å². The lowest BCUT2D eigenvalue weighted by atomic mass is 9.94. The molecule has 1 aromatic heterocycles. The quantitative estimate of drug-likeness (QED) is 0.490. The summed E-state index contributed by atoms with van der Waals surface area (Å²) in [6, 6.07) is 4.04. The maximum atomic E-state index is 15.9. The maximum Gasteiger partial charge on any atom is 0.417 e. The first-order valence-electron chi connectivity index (χ1n) is 14.9. The van der Waals surface area contributed by atoms with Gasteiger partial charge in [-0.3, -0.25) is 19.4 Å². The average molecular weight is 605 g/mol. The summed E-state index contributed by atoms with van der Waals surface area (Å²) < 4.78 is 57.1. The number of hydrogen-bond donors (Lipinski definition) is 2. The van der Waals surface area contributed by atoms with Crippen molar-refractivity contribution in [1.29, 1.82) is 0 Å². The number of anilines is 2. The van der Waals surface area contributed by atoms with Crippen LogP contribution in [-0.2, 0) is 6.18 Å². The van der Waals surface area contributed by atoms with Crippen LogP contribution in [-0.4, -0.2) is 97.1 Å². The summed E-state index contributed by atoms with van der Waals surface area (Å²) in [5.74, 6) is -1.48. The van der Waals surface area contributed by atoms with Crippen molar-refractivity contribution in [3.63, 3.8) is 0 Å².